The van der Waals surface area contributed by atoms with Crippen LogP contribution in [0, 0.1) is 0 Å². The fraction of sp³-hybridized carbons (Fsp3) is 0.200. The van der Waals surface area contributed by atoms with E-state index in [1.807, 2.05) is 0 Å². The molecule has 0 aliphatic heterocycles. The van der Waals surface area contributed by atoms with Crippen molar-refractivity contribution in [3.8, 4) is 0 Å². The van der Waals surface area contributed by atoms with Gasteiger partial charge in [-0.05, 0) is 6.42 Å². The fourth-order valence-corrected chi connectivity index (χ4v) is 0.393. The predicted octanol–water partition coefficient (Wildman–Crippen LogP) is 0.929. The molecule has 1 aliphatic rings. The molecule has 5 heteroatoms. The summed E-state index contributed by atoms with van der Waals surface area (Å²) in [6, 6.07) is 0. The molecular weight excluding hydrogens is 258 g/mol. The van der Waals surface area contributed by atoms with Crippen molar-refractivity contribution in [1.29, 1.82) is 0 Å². The molecule has 0 saturated heterocycles. The Kier molecular flexibility index (Phi) is 74.5. The van der Waals surface area contributed by atoms with Crippen LogP contribution in [0.4, 0.5) is 18.8 Å². The van der Waals surface area contributed by atoms with Gasteiger partial charge in [-0.2, -0.15) is 0 Å². The van der Waals surface area contributed by atoms with Crippen molar-refractivity contribution in [3.63, 3.8) is 0 Å². The Bertz CT molecular complexity index is 71.7. The van der Waals surface area contributed by atoms with Crippen molar-refractivity contribution >= 4 is 24.4 Å². The molecule has 0 fully saturated rings. The Hall–Kier alpha value is 0.0182. The summed E-state index contributed by atoms with van der Waals surface area (Å²) in [4.78, 5) is 0. The average Bonchev–Trinajstić information content (AvgIpc) is 1.76. The molecule has 0 radical (unpaired) electrons. The summed E-state index contributed by atoms with van der Waals surface area (Å²) in [6.45, 7) is 0. The molecular formula is C5H13F4Sb. The minimum absolute atomic E-state index is 0. The van der Waals surface area contributed by atoms with Crippen molar-refractivity contribution in [2.75, 3.05) is 0 Å². The first-order valence-electron chi connectivity index (χ1n) is 1.82. The van der Waals surface area contributed by atoms with Gasteiger partial charge in [0.1, 0.15) is 0 Å². The van der Waals surface area contributed by atoms with Gasteiger partial charge in [0.2, 0.25) is 0 Å². The van der Waals surface area contributed by atoms with Crippen LogP contribution in [0.5, 0.6) is 0 Å². The summed E-state index contributed by atoms with van der Waals surface area (Å²) in [5.74, 6) is 0. The zero-order valence-electron chi connectivity index (χ0n) is 5.36. The Morgan fingerprint density at radius 1 is 0.700 bits per heavy atom. The Morgan fingerprint density at radius 2 is 1.00 bits per heavy atom. The number of hydrogen-bond donors (Lipinski definition) is 0. The van der Waals surface area contributed by atoms with Gasteiger partial charge < -0.3 is 0 Å². The molecule has 0 nitrogen and oxygen atoms in total. The van der Waals surface area contributed by atoms with Gasteiger partial charge in [-0.3, -0.25) is 18.8 Å². The zero-order chi connectivity index (χ0) is 3.54. The standard InChI is InChI=1S/C5H6.4FH.Sb.3H/c1-2-4-5-3-1;;;;;;;;/h1-4H,5H2;4*1H;;;;. The van der Waals surface area contributed by atoms with Crippen molar-refractivity contribution in [3.05, 3.63) is 24.3 Å². The fourth-order valence-electron chi connectivity index (χ4n) is 0.393. The molecule has 0 unspecified atom stereocenters. The van der Waals surface area contributed by atoms with Crippen LogP contribution in [0.15, 0.2) is 24.3 Å². The minimum atomic E-state index is 0. The molecule has 1 rings (SSSR count). The van der Waals surface area contributed by atoms with E-state index < -0.39 is 0 Å². The summed E-state index contributed by atoms with van der Waals surface area (Å²) >= 11 is 0. The average molecular weight is 271 g/mol. The molecule has 0 aromatic carbocycles. The number of hydrogen-bond acceptors (Lipinski definition) is 0. The van der Waals surface area contributed by atoms with Gasteiger partial charge in [-0.25, -0.2) is 0 Å². The van der Waals surface area contributed by atoms with Crippen LogP contribution >= 0.6 is 0 Å². The van der Waals surface area contributed by atoms with Gasteiger partial charge >= 0.3 is 24.4 Å². The second-order valence-electron chi connectivity index (χ2n) is 1.09. The summed E-state index contributed by atoms with van der Waals surface area (Å²) in [5.41, 5.74) is 0. The second kappa shape index (κ2) is 23.0. The van der Waals surface area contributed by atoms with Crippen molar-refractivity contribution in [2.24, 2.45) is 0 Å². The van der Waals surface area contributed by atoms with Crippen molar-refractivity contribution in [1.82, 2.24) is 0 Å². The molecule has 0 saturated carbocycles. The molecule has 1 aliphatic carbocycles. The van der Waals surface area contributed by atoms with E-state index in [9.17, 15) is 0 Å². The van der Waals surface area contributed by atoms with Crippen molar-refractivity contribution in [2.45, 2.75) is 6.42 Å². The number of rotatable bonds is 0. The van der Waals surface area contributed by atoms with Gasteiger partial charge in [0, 0.05) is 0 Å². The van der Waals surface area contributed by atoms with E-state index in [-0.39, 0.29) is 43.2 Å². The van der Waals surface area contributed by atoms with E-state index in [0.29, 0.717) is 0 Å². The summed E-state index contributed by atoms with van der Waals surface area (Å²) in [7, 11) is 0. The topological polar surface area (TPSA) is 0 Å². The van der Waals surface area contributed by atoms with Gasteiger partial charge in [0.05, 0.1) is 0 Å². The molecule has 0 amide bonds. The van der Waals surface area contributed by atoms with Gasteiger partial charge in [-0.1, -0.05) is 24.3 Å². The van der Waals surface area contributed by atoms with Crippen LogP contribution in [0.1, 0.15) is 6.42 Å². The predicted molar refractivity (Wildman–Crippen MR) is 42.8 cm³/mol. The zero-order valence-corrected chi connectivity index (χ0v) is 9.39. The quantitative estimate of drug-likeness (QED) is 0.454. The third kappa shape index (κ3) is 15.7. The summed E-state index contributed by atoms with van der Waals surface area (Å²) < 4.78 is 0. The first-order chi connectivity index (χ1) is 2.50. The van der Waals surface area contributed by atoms with Gasteiger partial charge in [0.25, 0.3) is 0 Å². The van der Waals surface area contributed by atoms with E-state index in [1.54, 1.807) is 0 Å². The molecule has 0 aromatic rings. The number of halogens is 4. The van der Waals surface area contributed by atoms with Crippen LogP contribution < -0.4 is 0 Å². The Balaban J connectivity index is -0.0000000167. The third-order valence-corrected chi connectivity index (χ3v) is 0.655. The summed E-state index contributed by atoms with van der Waals surface area (Å²) in [5, 5.41) is 0. The van der Waals surface area contributed by atoms with Crippen LogP contribution in [0.3, 0.4) is 0 Å². The number of allylic oxidation sites excluding steroid dienone is 4. The van der Waals surface area contributed by atoms with Crippen LogP contribution in [0.2, 0.25) is 0 Å². The molecule has 0 bridgehead atoms. The monoisotopic (exact) mass is 270 g/mol. The van der Waals surface area contributed by atoms with E-state index in [0.717, 1.165) is 6.42 Å². The maximum absolute atomic E-state index is 2.12. The van der Waals surface area contributed by atoms with E-state index in [2.05, 4.69) is 24.3 Å². The van der Waals surface area contributed by atoms with Gasteiger partial charge in [0.15, 0.2) is 0 Å². The third-order valence-electron chi connectivity index (χ3n) is 0.655. The van der Waals surface area contributed by atoms with Crippen molar-refractivity contribution < 1.29 is 18.8 Å². The summed E-state index contributed by atoms with van der Waals surface area (Å²) in [6.07, 6.45) is 9.50. The van der Waals surface area contributed by atoms with E-state index >= 15 is 0 Å². The first kappa shape index (κ1) is 32.4. The molecule has 0 N–H and O–H groups in total. The van der Waals surface area contributed by atoms with Gasteiger partial charge in [-0.15, -0.1) is 0 Å². The van der Waals surface area contributed by atoms with Crippen LogP contribution in [-0.4, -0.2) is 24.4 Å². The SMILES string of the molecule is C1=CCC=C1.F.F.F.F.[SbH3]. The molecule has 0 heterocycles. The second-order valence-corrected chi connectivity index (χ2v) is 1.09. The molecule has 0 aromatic heterocycles. The Labute approximate surface area is 74.3 Å². The van der Waals surface area contributed by atoms with Crippen LogP contribution in [-0.2, 0) is 0 Å². The maximum atomic E-state index is 2.12. The molecule has 66 valence electrons. The molecule has 0 atom stereocenters. The van der Waals surface area contributed by atoms with Crippen LogP contribution in [0.25, 0.3) is 0 Å². The molecule has 10 heavy (non-hydrogen) atoms. The first-order valence-corrected chi connectivity index (χ1v) is 1.82. The molecule has 0 spiro atoms. The normalized spacial score (nSPS) is 8.80. The van der Waals surface area contributed by atoms with E-state index in [1.165, 1.54) is 0 Å². The Morgan fingerprint density at radius 3 is 1.10 bits per heavy atom. The van der Waals surface area contributed by atoms with E-state index in [4.69, 9.17) is 0 Å².